The number of rotatable bonds is 4. The van der Waals surface area contributed by atoms with Crippen LogP contribution in [0.15, 0.2) is 12.1 Å². The number of anilines is 1. The molecule has 1 atom stereocenters. The molecule has 110 valence electrons. The minimum Gasteiger partial charge on any atom is -0.378 e. The Labute approximate surface area is 131 Å². The van der Waals surface area contributed by atoms with Crippen molar-refractivity contribution in [3.8, 4) is 0 Å². The van der Waals surface area contributed by atoms with Crippen LogP contribution in [0.25, 0.3) is 0 Å². The van der Waals surface area contributed by atoms with Crippen molar-refractivity contribution in [3.05, 3.63) is 28.3 Å². The topological polar surface area (TPSA) is 33.3 Å². The van der Waals surface area contributed by atoms with Gasteiger partial charge in [-0.05, 0) is 62.5 Å². The maximum atomic E-state index is 6.25. The normalized spacial score (nSPS) is 18.1. The number of benzene rings is 1. The monoisotopic (exact) mass is 312 g/mol. The van der Waals surface area contributed by atoms with Crippen molar-refractivity contribution in [2.45, 2.75) is 39.2 Å². The molecule has 1 aromatic carbocycles. The lowest BCUT2D eigenvalue weighted by Crippen LogP contribution is -2.31. The highest BCUT2D eigenvalue weighted by Gasteiger charge is 2.15. The summed E-state index contributed by atoms with van der Waals surface area (Å²) in [6, 6.07) is 4.02. The second-order valence-corrected chi connectivity index (χ2v) is 6.06. The standard InChI is InChI=1S/C15H21ClN2OS/c1-10-8-11(2)14(13(16)9-10)18-15(20)17-6-5-12-4-3-7-19-12/h8-9,12H,3-7H2,1-2H3,(H2,17,18,20). The highest BCUT2D eigenvalue weighted by atomic mass is 35.5. The first-order valence-electron chi connectivity index (χ1n) is 6.99. The summed E-state index contributed by atoms with van der Waals surface area (Å²) in [5.41, 5.74) is 3.13. The molecule has 0 spiro atoms. The Kier molecular flexibility index (Phi) is 5.64. The molecule has 5 heteroatoms. The summed E-state index contributed by atoms with van der Waals surface area (Å²) in [4.78, 5) is 0. The summed E-state index contributed by atoms with van der Waals surface area (Å²) in [6.07, 6.45) is 3.70. The number of halogens is 1. The van der Waals surface area contributed by atoms with E-state index in [0.29, 0.717) is 16.2 Å². The third-order valence-corrected chi connectivity index (χ3v) is 3.99. The number of hydrogen-bond donors (Lipinski definition) is 2. The van der Waals surface area contributed by atoms with Gasteiger partial charge in [0.05, 0.1) is 16.8 Å². The molecule has 1 aromatic rings. The van der Waals surface area contributed by atoms with Gasteiger partial charge in [-0.25, -0.2) is 0 Å². The molecule has 0 aromatic heterocycles. The fraction of sp³-hybridized carbons (Fsp3) is 0.533. The van der Waals surface area contributed by atoms with E-state index in [4.69, 9.17) is 28.6 Å². The van der Waals surface area contributed by atoms with E-state index >= 15 is 0 Å². The Hall–Kier alpha value is -0.840. The first-order chi connectivity index (χ1) is 9.56. The van der Waals surface area contributed by atoms with E-state index in [2.05, 4.69) is 16.7 Å². The number of thiocarbonyl (C=S) groups is 1. The smallest absolute Gasteiger partial charge is 0.170 e. The molecule has 2 rings (SSSR count). The summed E-state index contributed by atoms with van der Waals surface area (Å²) in [5.74, 6) is 0. The van der Waals surface area contributed by atoms with Gasteiger partial charge in [-0.3, -0.25) is 0 Å². The van der Waals surface area contributed by atoms with Gasteiger partial charge in [0.1, 0.15) is 0 Å². The second-order valence-electron chi connectivity index (χ2n) is 5.24. The Bertz CT molecular complexity index is 464. The summed E-state index contributed by atoms with van der Waals surface area (Å²) in [6.45, 7) is 5.77. The zero-order chi connectivity index (χ0) is 14.5. The van der Waals surface area contributed by atoms with Gasteiger partial charge >= 0.3 is 0 Å². The van der Waals surface area contributed by atoms with Crippen LogP contribution in [-0.4, -0.2) is 24.4 Å². The first kappa shape index (κ1) is 15.5. The number of ether oxygens (including phenoxy) is 1. The van der Waals surface area contributed by atoms with Gasteiger partial charge in [0.2, 0.25) is 0 Å². The molecule has 0 saturated carbocycles. The van der Waals surface area contributed by atoms with Crippen LogP contribution in [0.2, 0.25) is 5.02 Å². The summed E-state index contributed by atoms with van der Waals surface area (Å²) >= 11 is 11.6. The highest BCUT2D eigenvalue weighted by molar-refractivity contribution is 7.80. The lowest BCUT2D eigenvalue weighted by molar-refractivity contribution is 0.105. The molecule has 1 heterocycles. The Morgan fingerprint density at radius 1 is 1.45 bits per heavy atom. The van der Waals surface area contributed by atoms with Crippen molar-refractivity contribution in [1.82, 2.24) is 5.32 Å². The largest absolute Gasteiger partial charge is 0.378 e. The van der Waals surface area contributed by atoms with Crippen LogP contribution < -0.4 is 10.6 Å². The average Bonchev–Trinajstić information content (AvgIpc) is 2.87. The van der Waals surface area contributed by atoms with Gasteiger partial charge < -0.3 is 15.4 Å². The number of aryl methyl sites for hydroxylation is 2. The highest BCUT2D eigenvalue weighted by Crippen LogP contribution is 2.27. The molecule has 1 fully saturated rings. The van der Waals surface area contributed by atoms with Crippen molar-refractivity contribution in [1.29, 1.82) is 0 Å². The van der Waals surface area contributed by atoms with Crippen molar-refractivity contribution >= 4 is 34.6 Å². The van der Waals surface area contributed by atoms with Crippen LogP contribution in [0.1, 0.15) is 30.4 Å². The maximum absolute atomic E-state index is 6.25. The maximum Gasteiger partial charge on any atom is 0.170 e. The van der Waals surface area contributed by atoms with Gasteiger partial charge in [-0.2, -0.15) is 0 Å². The fourth-order valence-corrected chi connectivity index (χ4v) is 3.02. The molecule has 1 unspecified atom stereocenters. The minimum atomic E-state index is 0.384. The summed E-state index contributed by atoms with van der Waals surface area (Å²) in [5, 5.41) is 7.70. The van der Waals surface area contributed by atoms with E-state index in [1.807, 2.05) is 19.9 Å². The SMILES string of the molecule is Cc1cc(C)c(NC(=S)NCCC2CCCO2)c(Cl)c1. The predicted octanol–water partition coefficient (Wildman–Crippen LogP) is 3.81. The third-order valence-electron chi connectivity index (χ3n) is 3.45. The van der Waals surface area contributed by atoms with Gasteiger partial charge in [0, 0.05) is 13.2 Å². The van der Waals surface area contributed by atoms with Crippen molar-refractivity contribution in [2.24, 2.45) is 0 Å². The molecule has 1 saturated heterocycles. The van der Waals surface area contributed by atoms with E-state index in [0.717, 1.165) is 42.8 Å². The van der Waals surface area contributed by atoms with E-state index < -0.39 is 0 Å². The predicted molar refractivity (Wildman–Crippen MR) is 88.7 cm³/mol. The van der Waals surface area contributed by atoms with Crippen LogP contribution >= 0.6 is 23.8 Å². The molecule has 1 aliphatic rings. The quantitative estimate of drug-likeness (QED) is 0.828. The van der Waals surface area contributed by atoms with Crippen molar-refractivity contribution < 1.29 is 4.74 Å². The van der Waals surface area contributed by atoms with Crippen LogP contribution in [0.4, 0.5) is 5.69 Å². The Morgan fingerprint density at radius 2 is 2.25 bits per heavy atom. The van der Waals surface area contributed by atoms with Gasteiger partial charge in [0.15, 0.2) is 5.11 Å². The molecule has 0 aliphatic carbocycles. The van der Waals surface area contributed by atoms with Crippen LogP contribution in [-0.2, 0) is 4.74 Å². The first-order valence-corrected chi connectivity index (χ1v) is 7.78. The van der Waals surface area contributed by atoms with Gasteiger partial charge in [0.25, 0.3) is 0 Å². The number of nitrogens with one attached hydrogen (secondary N) is 2. The lowest BCUT2D eigenvalue weighted by atomic mass is 10.1. The number of hydrogen-bond acceptors (Lipinski definition) is 2. The minimum absolute atomic E-state index is 0.384. The van der Waals surface area contributed by atoms with E-state index in [-0.39, 0.29) is 0 Å². The fourth-order valence-electron chi connectivity index (χ4n) is 2.45. The van der Waals surface area contributed by atoms with E-state index in [1.54, 1.807) is 0 Å². The van der Waals surface area contributed by atoms with Crippen molar-refractivity contribution in [2.75, 3.05) is 18.5 Å². The summed E-state index contributed by atoms with van der Waals surface area (Å²) < 4.78 is 5.58. The zero-order valence-corrected chi connectivity index (χ0v) is 13.5. The van der Waals surface area contributed by atoms with Gasteiger partial charge in [-0.1, -0.05) is 17.7 Å². The van der Waals surface area contributed by atoms with Crippen LogP contribution in [0.5, 0.6) is 0 Å². The average molecular weight is 313 g/mol. The Balaban J connectivity index is 1.82. The van der Waals surface area contributed by atoms with Crippen LogP contribution in [0.3, 0.4) is 0 Å². The van der Waals surface area contributed by atoms with Crippen LogP contribution in [0, 0.1) is 13.8 Å². The molecular formula is C15H21ClN2OS. The molecule has 20 heavy (non-hydrogen) atoms. The second kappa shape index (κ2) is 7.25. The van der Waals surface area contributed by atoms with E-state index in [9.17, 15) is 0 Å². The molecule has 3 nitrogen and oxygen atoms in total. The molecule has 2 N–H and O–H groups in total. The summed E-state index contributed by atoms with van der Waals surface area (Å²) in [7, 11) is 0. The molecular weight excluding hydrogens is 292 g/mol. The zero-order valence-electron chi connectivity index (χ0n) is 12.0. The van der Waals surface area contributed by atoms with Gasteiger partial charge in [-0.15, -0.1) is 0 Å². The third kappa shape index (κ3) is 4.33. The lowest BCUT2D eigenvalue weighted by Gasteiger charge is -2.15. The molecule has 0 amide bonds. The molecule has 0 radical (unpaired) electrons. The molecule has 1 aliphatic heterocycles. The van der Waals surface area contributed by atoms with E-state index in [1.165, 1.54) is 6.42 Å². The molecule has 0 bridgehead atoms. The Morgan fingerprint density at radius 3 is 2.90 bits per heavy atom. The van der Waals surface area contributed by atoms with Crippen molar-refractivity contribution in [3.63, 3.8) is 0 Å².